The standard InChI is InChI=1S/C25H37N5O2S/c1-20(27-3)16-30(11-10-28-15-23(33-4)14-26-2)24(31)32-22-12-25(13-22)18-29(19-25)17-21-8-6-5-7-9-21/h5-9,14-15,20,22,27H,2,10-13,16-19H2,1,3-4H3/b23-14+,28-15?. The molecule has 0 bridgehead atoms. The number of amides is 1. The molecule has 1 aliphatic carbocycles. The van der Waals surface area contributed by atoms with Crippen LogP contribution < -0.4 is 5.32 Å². The Morgan fingerprint density at radius 3 is 2.76 bits per heavy atom. The van der Waals surface area contributed by atoms with E-state index in [-0.39, 0.29) is 18.2 Å². The Balaban J connectivity index is 1.43. The van der Waals surface area contributed by atoms with Crippen LogP contribution in [-0.4, -0.2) is 87.0 Å². The molecule has 2 fully saturated rings. The van der Waals surface area contributed by atoms with E-state index in [0.29, 0.717) is 25.0 Å². The highest BCUT2D eigenvalue weighted by atomic mass is 32.2. The number of carbonyl (C=O) groups is 1. The molecular formula is C25H37N5O2S. The average Bonchev–Trinajstić information content (AvgIpc) is 2.77. The summed E-state index contributed by atoms with van der Waals surface area (Å²) in [7, 11) is 1.90. The molecule has 0 aromatic heterocycles. The molecule has 3 rings (SSSR count). The highest BCUT2D eigenvalue weighted by Gasteiger charge is 2.53. The molecule has 7 nitrogen and oxygen atoms in total. The molecule has 1 heterocycles. The molecule has 0 radical (unpaired) electrons. The van der Waals surface area contributed by atoms with E-state index in [2.05, 4.69) is 64.2 Å². The number of likely N-dealkylation sites (N-methyl/N-ethyl adjacent to an activating group) is 1. The first-order valence-corrected chi connectivity index (χ1v) is 12.8. The Labute approximate surface area is 202 Å². The summed E-state index contributed by atoms with van der Waals surface area (Å²) in [5, 5.41) is 3.20. The van der Waals surface area contributed by atoms with Crippen molar-refractivity contribution in [2.45, 2.75) is 38.5 Å². The van der Waals surface area contributed by atoms with E-state index in [9.17, 15) is 4.79 Å². The average molecular weight is 472 g/mol. The van der Waals surface area contributed by atoms with Gasteiger partial charge in [0.1, 0.15) is 6.10 Å². The Kier molecular flexibility index (Phi) is 9.52. The minimum atomic E-state index is -0.235. The van der Waals surface area contributed by atoms with Gasteiger partial charge < -0.3 is 15.0 Å². The minimum Gasteiger partial charge on any atom is -0.446 e. The molecule has 8 heteroatoms. The molecule has 1 aromatic carbocycles. The van der Waals surface area contributed by atoms with Crippen molar-refractivity contribution in [3.05, 3.63) is 47.0 Å². The van der Waals surface area contributed by atoms with Gasteiger partial charge in [-0.05, 0) is 45.3 Å². The van der Waals surface area contributed by atoms with Gasteiger partial charge in [-0.15, -0.1) is 11.8 Å². The first kappa shape index (κ1) is 25.5. The molecule has 2 aliphatic rings. The summed E-state index contributed by atoms with van der Waals surface area (Å²) in [5.74, 6) is 0. The maximum absolute atomic E-state index is 12.9. The van der Waals surface area contributed by atoms with E-state index in [1.807, 2.05) is 13.3 Å². The predicted molar refractivity (Wildman–Crippen MR) is 138 cm³/mol. The molecule has 180 valence electrons. The minimum absolute atomic E-state index is 0.0250. The first-order valence-electron chi connectivity index (χ1n) is 11.6. The maximum atomic E-state index is 12.9. The van der Waals surface area contributed by atoms with E-state index in [0.717, 1.165) is 37.4 Å². The van der Waals surface area contributed by atoms with Gasteiger partial charge in [-0.3, -0.25) is 14.9 Å². The van der Waals surface area contributed by atoms with Gasteiger partial charge in [-0.2, -0.15) is 0 Å². The zero-order valence-electron chi connectivity index (χ0n) is 20.1. The quantitative estimate of drug-likeness (QED) is 0.471. The summed E-state index contributed by atoms with van der Waals surface area (Å²) in [6, 6.07) is 10.8. The summed E-state index contributed by atoms with van der Waals surface area (Å²) < 4.78 is 5.87. The molecule has 1 saturated heterocycles. The van der Waals surface area contributed by atoms with E-state index >= 15 is 0 Å². The number of aliphatic imine (C=N–C) groups is 2. The van der Waals surface area contributed by atoms with Gasteiger partial charge in [0, 0.05) is 61.5 Å². The Morgan fingerprint density at radius 2 is 2.12 bits per heavy atom. The predicted octanol–water partition coefficient (Wildman–Crippen LogP) is 3.67. The lowest BCUT2D eigenvalue weighted by Gasteiger charge is -2.58. The lowest BCUT2D eigenvalue weighted by molar-refractivity contribution is -0.136. The van der Waals surface area contributed by atoms with Gasteiger partial charge in [0.05, 0.1) is 6.54 Å². The van der Waals surface area contributed by atoms with E-state index in [4.69, 9.17) is 4.74 Å². The second-order valence-corrected chi connectivity index (χ2v) is 10.0. The maximum Gasteiger partial charge on any atom is 0.410 e. The summed E-state index contributed by atoms with van der Waals surface area (Å²) in [6.07, 6.45) is 7.14. The lowest BCUT2D eigenvalue weighted by Crippen LogP contribution is -2.64. The van der Waals surface area contributed by atoms with E-state index in [1.165, 1.54) is 5.56 Å². The summed E-state index contributed by atoms with van der Waals surface area (Å²) >= 11 is 1.56. The summed E-state index contributed by atoms with van der Waals surface area (Å²) in [6.45, 7) is 10.3. The van der Waals surface area contributed by atoms with Crippen LogP contribution in [0.2, 0.25) is 0 Å². The fraction of sp³-hybridized carbons (Fsp3) is 0.560. The van der Waals surface area contributed by atoms with Crippen molar-refractivity contribution in [1.29, 1.82) is 0 Å². The number of likely N-dealkylation sites (tertiary alicyclic amines) is 1. The summed E-state index contributed by atoms with van der Waals surface area (Å²) in [4.78, 5) is 26.3. The van der Waals surface area contributed by atoms with Crippen molar-refractivity contribution in [3.8, 4) is 0 Å². The molecule has 1 aliphatic heterocycles. The molecule has 33 heavy (non-hydrogen) atoms. The Bertz CT molecular complexity index is 830. The smallest absolute Gasteiger partial charge is 0.410 e. The molecule has 1 amide bonds. The van der Waals surface area contributed by atoms with Gasteiger partial charge in [-0.1, -0.05) is 30.3 Å². The number of rotatable bonds is 12. The molecular weight excluding hydrogens is 434 g/mol. The number of thioether (sulfide) groups is 1. The van der Waals surface area contributed by atoms with Crippen LogP contribution in [0.25, 0.3) is 0 Å². The highest BCUT2D eigenvalue weighted by molar-refractivity contribution is 8.03. The number of nitrogens with zero attached hydrogens (tertiary/aromatic N) is 4. The van der Waals surface area contributed by atoms with Crippen LogP contribution in [0.3, 0.4) is 0 Å². The molecule has 1 aromatic rings. The van der Waals surface area contributed by atoms with Crippen molar-refractivity contribution in [2.75, 3.05) is 46.0 Å². The van der Waals surface area contributed by atoms with Crippen LogP contribution in [0.5, 0.6) is 0 Å². The third-order valence-electron chi connectivity index (χ3n) is 6.37. The third kappa shape index (κ3) is 7.42. The van der Waals surface area contributed by atoms with Gasteiger partial charge in [-0.25, -0.2) is 4.79 Å². The molecule has 1 unspecified atom stereocenters. The fourth-order valence-corrected chi connectivity index (χ4v) is 4.92. The highest BCUT2D eigenvalue weighted by Crippen LogP contribution is 2.50. The number of allylic oxidation sites excluding steroid dienone is 1. The van der Waals surface area contributed by atoms with Gasteiger partial charge >= 0.3 is 6.09 Å². The lowest BCUT2D eigenvalue weighted by atomic mass is 9.61. The zero-order chi connectivity index (χ0) is 23.7. The zero-order valence-corrected chi connectivity index (χ0v) is 20.9. The molecule has 1 spiro atoms. The molecule has 1 saturated carbocycles. The van der Waals surface area contributed by atoms with Crippen LogP contribution in [0.15, 0.2) is 51.4 Å². The van der Waals surface area contributed by atoms with Gasteiger partial charge in [0.2, 0.25) is 0 Å². The Hall–Kier alpha value is -2.16. The number of hydrogen-bond donors (Lipinski definition) is 1. The normalized spacial score (nSPS) is 19.2. The second-order valence-electron chi connectivity index (χ2n) is 9.13. The number of nitrogens with one attached hydrogen (secondary N) is 1. The van der Waals surface area contributed by atoms with Crippen LogP contribution in [0.1, 0.15) is 25.3 Å². The monoisotopic (exact) mass is 471 g/mol. The molecule has 1 N–H and O–H groups in total. The van der Waals surface area contributed by atoms with Crippen LogP contribution in [0.4, 0.5) is 4.79 Å². The van der Waals surface area contributed by atoms with Crippen molar-refractivity contribution >= 4 is 30.8 Å². The molecule has 1 atom stereocenters. The van der Waals surface area contributed by atoms with Crippen molar-refractivity contribution < 1.29 is 9.53 Å². The first-order chi connectivity index (χ1) is 16.0. The van der Waals surface area contributed by atoms with Gasteiger partial charge in [0.25, 0.3) is 0 Å². The van der Waals surface area contributed by atoms with E-state index in [1.54, 1.807) is 29.1 Å². The SMILES string of the molecule is C=N/C=C(\C=NCCN(CC(C)NC)C(=O)OC1CC2(C1)CN(Cc1ccccc1)C2)SC. The van der Waals surface area contributed by atoms with Crippen LogP contribution in [0, 0.1) is 5.41 Å². The van der Waals surface area contributed by atoms with E-state index < -0.39 is 0 Å². The number of ether oxygens (including phenoxy) is 1. The second kappa shape index (κ2) is 12.3. The fourth-order valence-electron chi connectivity index (χ4n) is 4.56. The Morgan fingerprint density at radius 1 is 1.39 bits per heavy atom. The number of benzene rings is 1. The van der Waals surface area contributed by atoms with Crippen molar-refractivity contribution in [3.63, 3.8) is 0 Å². The van der Waals surface area contributed by atoms with Crippen molar-refractivity contribution in [2.24, 2.45) is 15.4 Å². The van der Waals surface area contributed by atoms with Crippen molar-refractivity contribution in [1.82, 2.24) is 15.1 Å². The van der Waals surface area contributed by atoms with Gasteiger partial charge in [0.15, 0.2) is 0 Å². The van der Waals surface area contributed by atoms with Crippen LogP contribution in [-0.2, 0) is 11.3 Å². The third-order valence-corrected chi connectivity index (χ3v) is 7.06. The van der Waals surface area contributed by atoms with Crippen LogP contribution >= 0.6 is 11.8 Å². The summed E-state index contributed by atoms with van der Waals surface area (Å²) in [5.41, 5.74) is 1.69. The number of hydrogen-bond acceptors (Lipinski definition) is 7. The number of carbonyl (C=O) groups excluding carboxylic acids is 1. The topological polar surface area (TPSA) is 69.5 Å². The largest absolute Gasteiger partial charge is 0.446 e.